The van der Waals surface area contributed by atoms with E-state index in [2.05, 4.69) is 21.2 Å². The summed E-state index contributed by atoms with van der Waals surface area (Å²) in [7, 11) is 0. The van der Waals surface area contributed by atoms with E-state index in [0.29, 0.717) is 16.7 Å². The van der Waals surface area contributed by atoms with Gasteiger partial charge in [0, 0.05) is 18.4 Å². The van der Waals surface area contributed by atoms with Gasteiger partial charge < -0.3 is 10.7 Å². The third-order valence-corrected chi connectivity index (χ3v) is 5.22. The summed E-state index contributed by atoms with van der Waals surface area (Å²) < 4.78 is 1.38. The number of nitrogens with zero attached hydrogens (tertiary/aromatic N) is 5. The van der Waals surface area contributed by atoms with E-state index in [9.17, 15) is 4.79 Å². The number of rotatable bonds is 4. The van der Waals surface area contributed by atoms with Crippen molar-refractivity contribution in [3.63, 3.8) is 0 Å². The zero-order valence-electron chi connectivity index (χ0n) is 14.1. The Hall–Kier alpha value is -2.87. The van der Waals surface area contributed by atoms with Gasteiger partial charge in [-0.05, 0) is 36.6 Å². The molecule has 1 amide bonds. The summed E-state index contributed by atoms with van der Waals surface area (Å²) in [6, 6.07) is 13.6. The third kappa shape index (κ3) is 3.15. The van der Waals surface area contributed by atoms with Crippen molar-refractivity contribution >= 4 is 23.4 Å². The van der Waals surface area contributed by atoms with Gasteiger partial charge in [0.25, 0.3) is 0 Å². The monoisotopic (exact) mass is 366 g/mol. The van der Waals surface area contributed by atoms with Crippen LogP contribution in [0, 0.1) is 0 Å². The fourth-order valence-electron chi connectivity index (χ4n) is 3.04. The number of para-hydroxylation sites is 1. The van der Waals surface area contributed by atoms with Gasteiger partial charge in [-0.3, -0.25) is 9.78 Å². The van der Waals surface area contributed by atoms with Gasteiger partial charge in [0.2, 0.25) is 16.9 Å². The number of fused-ring (bicyclic) bond motifs is 1. The summed E-state index contributed by atoms with van der Waals surface area (Å²) in [5.41, 5.74) is 2.87. The third-order valence-electron chi connectivity index (χ3n) is 4.29. The van der Waals surface area contributed by atoms with Gasteiger partial charge in [-0.2, -0.15) is 0 Å². The van der Waals surface area contributed by atoms with Gasteiger partial charge in [0.15, 0.2) is 0 Å². The average Bonchev–Trinajstić information content (AvgIpc) is 3.07. The second-order valence-corrected chi connectivity index (χ2v) is 6.90. The number of benzene rings is 1. The minimum Gasteiger partial charge on any atom is -0.335 e. The number of aryl methyl sites for hydroxylation is 1. The molecule has 2 N–H and O–H groups in total. The second kappa shape index (κ2) is 7.17. The zero-order valence-corrected chi connectivity index (χ0v) is 14.9. The first kappa shape index (κ1) is 16.6. The maximum absolute atomic E-state index is 12.7. The molecule has 26 heavy (non-hydrogen) atoms. The highest BCUT2D eigenvalue weighted by molar-refractivity contribution is 7.99. The molecule has 0 atom stereocenters. The molecule has 2 aromatic heterocycles. The Morgan fingerprint density at radius 3 is 2.85 bits per heavy atom. The van der Waals surface area contributed by atoms with Crippen LogP contribution in [0.5, 0.6) is 0 Å². The largest absolute Gasteiger partial charge is 0.335 e. The molecule has 1 aromatic carbocycles. The highest BCUT2D eigenvalue weighted by atomic mass is 32.2. The quantitative estimate of drug-likeness (QED) is 0.562. The molecule has 0 fully saturated rings. The van der Waals surface area contributed by atoms with E-state index in [0.717, 1.165) is 25.1 Å². The van der Waals surface area contributed by atoms with Crippen LogP contribution in [-0.2, 0) is 11.2 Å². The van der Waals surface area contributed by atoms with Crippen LogP contribution in [0.2, 0.25) is 0 Å². The van der Waals surface area contributed by atoms with Crippen molar-refractivity contribution in [2.75, 3.05) is 23.0 Å². The lowest BCUT2D eigenvalue weighted by Gasteiger charge is -2.29. The second-order valence-electron chi connectivity index (χ2n) is 5.96. The summed E-state index contributed by atoms with van der Waals surface area (Å²) in [4.78, 5) is 18.8. The van der Waals surface area contributed by atoms with E-state index in [1.807, 2.05) is 41.3 Å². The maximum atomic E-state index is 12.7. The summed E-state index contributed by atoms with van der Waals surface area (Å²) in [5.74, 6) is 6.86. The molecular formula is C18H18N6OS. The van der Waals surface area contributed by atoms with Crippen LogP contribution >= 0.6 is 11.8 Å². The normalized spacial score (nSPS) is 13.5. The van der Waals surface area contributed by atoms with Gasteiger partial charge in [-0.25, -0.2) is 4.68 Å². The van der Waals surface area contributed by atoms with Gasteiger partial charge in [-0.1, -0.05) is 36.0 Å². The molecule has 132 valence electrons. The van der Waals surface area contributed by atoms with Gasteiger partial charge in [0.1, 0.15) is 5.69 Å². The predicted molar refractivity (Wildman–Crippen MR) is 101 cm³/mol. The summed E-state index contributed by atoms with van der Waals surface area (Å²) in [6.07, 6.45) is 3.66. The van der Waals surface area contributed by atoms with E-state index >= 15 is 0 Å². The molecule has 0 saturated carbocycles. The topological polar surface area (TPSA) is 89.9 Å². The predicted octanol–water partition coefficient (Wildman–Crippen LogP) is 2.13. The Bertz CT molecular complexity index is 926. The van der Waals surface area contributed by atoms with E-state index in [1.54, 1.807) is 6.20 Å². The molecule has 0 spiro atoms. The average molecular weight is 366 g/mol. The first-order valence-corrected chi connectivity index (χ1v) is 9.35. The molecule has 4 rings (SSSR count). The molecule has 1 aliphatic heterocycles. The first-order chi connectivity index (χ1) is 12.7. The number of pyridine rings is 1. The number of carbonyl (C=O) groups is 1. The van der Waals surface area contributed by atoms with Crippen molar-refractivity contribution in [1.82, 2.24) is 19.9 Å². The Kier molecular flexibility index (Phi) is 4.57. The van der Waals surface area contributed by atoms with Gasteiger partial charge in [0.05, 0.1) is 5.75 Å². The Labute approximate surface area is 155 Å². The number of hydrogen-bond donors (Lipinski definition) is 1. The fourth-order valence-corrected chi connectivity index (χ4v) is 3.77. The Morgan fingerprint density at radius 2 is 2.00 bits per heavy atom. The lowest BCUT2D eigenvalue weighted by molar-refractivity contribution is -0.116. The van der Waals surface area contributed by atoms with Crippen molar-refractivity contribution < 1.29 is 4.79 Å². The molecule has 8 heteroatoms. The molecule has 1 aliphatic rings. The van der Waals surface area contributed by atoms with Crippen LogP contribution in [0.25, 0.3) is 11.5 Å². The lowest BCUT2D eigenvalue weighted by atomic mass is 10.0. The number of aromatic nitrogens is 4. The number of hydrogen-bond acceptors (Lipinski definition) is 6. The minimum absolute atomic E-state index is 0.0459. The zero-order chi connectivity index (χ0) is 17.9. The first-order valence-electron chi connectivity index (χ1n) is 8.37. The summed E-state index contributed by atoms with van der Waals surface area (Å²) in [5, 5.41) is 8.68. The Balaban J connectivity index is 1.47. The number of nitrogens with two attached hydrogens (primary N) is 1. The molecule has 0 unspecified atom stereocenters. The van der Waals surface area contributed by atoms with Crippen LogP contribution < -0.4 is 10.7 Å². The molecular weight excluding hydrogens is 348 g/mol. The number of nitrogen functional groups attached to an aromatic ring is 1. The van der Waals surface area contributed by atoms with Crippen LogP contribution in [0.15, 0.2) is 53.8 Å². The van der Waals surface area contributed by atoms with Crippen LogP contribution in [-0.4, -0.2) is 38.1 Å². The van der Waals surface area contributed by atoms with Crippen LogP contribution in [0.4, 0.5) is 5.69 Å². The minimum atomic E-state index is 0.0459. The van der Waals surface area contributed by atoms with E-state index in [4.69, 9.17) is 5.84 Å². The van der Waals surface area contributed by atoms with E-state index in [-0.39, 0.29) is 11.7 Å². The highest BCUT2D eigenvalue weighted by Gasteiger charge is 2.23. The van der Waals surface area contributed by atoms with Crippen molar-refractivity contribution in [1.29, 1.82) is 0 Å². The van der Waals surface area contributed by atoms with E-state index in [1.165, 1.54) is 22.0 Å². The van der Waals surface area contributed by atoms with Gasteiger partial charge >= 0.3 is 0 Å². The van der Waals surface area contributed by atoms with Crippen molar-refractivity contribution in [3.05, 3.63) is 54.2 Å². The molecule has 3 heterocycles. The molecule has 0 bridgehead atoms. The fraction of sp³-hybridized carbons (Fsp3) is 0.222. The van der Waals surface area contributed by atoms with E-state index < -0.39 is 0 Å². The van der Waals surface area contributed by atoms with Crippen molar-refractivity contribution in [3.8, 4) is 11.5 Å². The van der Waals surface area contributed by atoms with Crippen molar-refractivity contribution in [2.45, 2.75) is 18.0 Å². The summed E-state index contributed by atoms with van der Waals surface area (Å²) >= 11 is 1.28. The number of anilines is 1. The SMILES string of the molecule is Nn1c(SCC(=O)N2CCCc3ccccc32)nnc1-c1ccccn1. The number of thioether (sulfide) groups is 1. The van der Waals surface area contributed by atoms with Crippen molar-refractivity contribution in [2.24, 2.45) is 0 Å². The van der Waals surface area contributed by atoms with Crippen LogP contribution in [0.1, 0.15) is 12.0 Å². The number of amides is 1. The molecule has 7 nitrogen and oxygen atoms in total. The summed E-state index contributed by atoms with van der Waals surface area (Å²) in [6.45, 7) is 0.741. The molecule has 3 aromatic rings. The molecule has 0 saturated heterocycles. The molecule has 0 radical (unpaired) electrons. The van der Waals surface area contributed by atoms with Crippen LogP contribution in [0.3, 0.4) is 0 Å². The number of carbonyl (C=O) groups excluding carboxylic acids is 1. The van der Waals surface area contributed by atoms with Gasteiger partial charge in [-0.15, -0.1) is 10.2 Å². The Morgan fingerprint density at radius 1 is 1.15 bits per heavy atom. The smallest absolute Gasteiger partial charge is 0.237 e. The standard InChI is InChI=1S/C18H18N6OS/c19-24-17(14-8-3-4-10-20-14)21-22-18(24)26-12-16(25)23-11-5-7-13-6-1-2-9-15(13)23/h1-4,6,8-10H,5,7,11-12,19H2. The maximum Gasteiger partial charge on any atom is 0.237 e. The molecule has 0 aliphatic carbocycles. The lowest BCUT2D eigenvalue weighted by Crippen LogP contribution is -2.36. The highest BCUT2D eigenvalue weighted by Crippen LogP contribution is 2.28.